The zero-order valence-electron chi connectivity index (χ0n) is 21.5. The predicted octanol–water partition coefficient (Wildman–Crippen LogP) is 4.06. The Kier molecular flexibility index (Phi) is 7.74. The Balaban J connectivity index is 1.43. The molecule has 1 amide bonds. The molecular weight excluding hydrogens is 531 g/mol. The second-order valence-electron chi connectivity index (χ2n) is 8.90. The number of amides is 1. The molecule has 5 rings (SSSR count). The van der Waals surface area contributed by atoms with E-state index < -0.39 is 11.2 Å². The van der Waals surface area contributed by atoms with Crippen LogP contribution in [0.2, 0.25) is 0 Å². The van der Waals surface area contributed by atoms with Crippen LogP contribution in [0.25, 0.3) is 22.0 Å². The summed E-state index contributed by atoms with van der Waals surface area (Å²) in [5.41, 5.74) is 6.97. The maximum absolute atomic E-state index is 13.4. The lowest BCUT2D eigenvalue weighted by Crippen LogP contribution is -2.41. The van der Waals surface area contributed by atoms with Crippen LogP contribution in [0.1, 0.15) is 12.5 Å². The van der Waals surface area contributed by atoms with E-state index in [4.69, 9.17) is 5.73 Å². The third-order valence-electron chi connectivity index (χ3n) is 6.39. The van der Waals surface area contributed by atoms with Crippen LogP contribution in [-0.4, -0.2) is 38.0 Å². The Labute approximate surface area is 232 Å². The number of carbonyl (C=O) groups excluding carboxylic acids is 1. The Bertz CT molecular complexity index is 1810. The van der Waals surface area contributed by atoms with E-state index in [0.29, 0.717) is 10.7 Å². The number of anilines is 2. The van der Waals surface area contributed by atoms with E-state index in [1.807, 2.05) is 54.6 Å². The summed E-state index contributed by atoms with van der Waals surface area (Å²) in [7, 11) is 0. The van der Waals surface area contributed by atoms with Gasteiger partial charge in [0, 0.05) is 22.9 Å². The average Bonchev–Trinajstić information content (AvgIpc) is 2.97. The predicted molar refractivity (Wildman–Crippen MR) is 155 cm³/mol. The maximum atomic E-state index is 13.4. The molecule has 0 fully saturated rings. The van der Waals surface area contributed by atoms with Crippen molar-refractivity contribution in [2.24, 2.45) is 0 Å². The van der Waals surface area contributed by atoms with E-state index in [0.717, 1.165) is 21.9 Å². The summed E-state index contributed by atoms with van der Waals surface area (Å²) in [6, 6.07) is 22.7. The molecule has 2 aromatic heterocycles. The minimum Gasteiger partial charge on any atom is -0.383 e. The maximum Gasteiger partial charge on any atom is 0.330 e. The highest BCUT2D eigenvalue weighted by molar-refractivity contribution is 8.00. The number of halogens is 1. The largest absolute Gasteiger partial charge is 0.383 e. The van der Waals surface area contributed by atoms with Gasteiger partial charge in [-0.25, -0.2) is 9.18 Å². The first-order valence-electron chi connectivity index (χ1n) is 12.5. The first-order valence-corrected chi connectivity index (χ1v) is 13.5. The van der Waals surface area contributed by atoms with Crippen LogP contribution < -0.4 is 21.9 Å². The van der Waals surface area contributed by atoms with Crippen molar-refractivity contribution in [1.82, 2.24) is 19.7 Å². The molecule has 11 heteroatoms. The molecule has 5 aromatic rings. The molecule has 0 unspecified atom stereocenters. The number of benzene rings is 3. The molecule has 9 nitrogen and oxygen atoms in total. The number of nitrogens with zero attached hydrogens (tertiary/aromatic N) is 4. The van der Waals surface area contributed by atoms with Crippen molar-refractivity contribution < 1.29 is 9.18 Å². The lowest BCUT2D eigenvalue weighted by Gasteiger charge is -2.23. The van der Waals surface area contributed by atoms with Gasteiger partial charge in [0.25, 0.3) is 5.56 Å². The average molecular weight is 557 g/mol. The van der Waals surface area contributed by atoms with Crippen molar-refractivity contribution in [3.8, 4) is 11.3 Å². The van der Waals surface area contributed by atoms with Gasteiger partial charge < -0.3 is 10.6 Å². The number of aromatic amines is 1. The molecule has 0 saturated carbocycles. The van der Waals surface area contributed by atoms with Gasteiger partial charge >= 0.3 is 5.69 Å². The molecule has 0 spiro atoms. The highest BCUT2D eigenvalue weighted by atomic mass is 32.2. The molecule has 0 atom stereocenters. The van der Waals surface area contributed by atoms with E-state index >= 15 is 0 Å². The Morgan fingerprint density at radius 2 is 1.65 bits per heavy atom. The Morgan fingerprint density at radius 1 is 0.975 bits per heavy atom. The second kappa shape index (κ2) is 11.5. The standard InChI is InChI=1S/C29H25FN6O3S/c1-2-35(25-26(31)36(29(39)32-27(25)38)16-18-8-4-3-5-9-18)23(37)17-40-28-22-11-7-6-10-21(22)24(33-34-28)19-12-14-20(30)15-13-19/h3-15H,2,16-17,31H2,1H3,(H,32,38,39). The number of hydrogen-bond acceptors (Lipinski definition) is 7. The molecule has 40 heavy (non-hydrogen) atoms. The van der Waals surface area contributed by atoms with Crippen LogP contribution in [0.5, 0.6) is 0 Å². The highest BCUT2D eigenvalue weighted by Gasteiger charge is 2.24. The van der Waals surface area contributed by atoms with Crippen LogP contribution in [0.15, 0.2) is 93.5 Å². The van der Waals surface area contributed by atoms with Crippen LogP contribution in [0, 0.1) is 5.82 Å². The third kappa shape index (κ3) is 5.36. The molecular formula is C29H25FN6O3S. The van der Waals surface area contributed by atoms with Crippen molar-refractivity contribution in [2.45, 2.75) is 18.5 Å². The van der Waals surface area contributed by atoms with Crippen molar-refractivity contribution in [2.75, 3.05) is 22.9 Å². The number of fused-ring (bicyclic) bond motifs is 1. The third-order valence-corrected chi connectivity index (χ3v) is 7.35. The summed E-state index contributed by atoms with van der Waals surface area (Å²) >= 11 is 1.18. The Hall–Kier alpha value is -4.77. The number of carbonyl (C=O) groups is 1. The summed E-state index contributed by atoms with van der Waals surface area (Å²) in [6.45, 7) is 2.02. The number of H-pyrrole nitrogens is 1. The van der Waals surface area contributed by atoms with Crippen LogP contribution >= 0.6 is 11.8 Å². The summed E-state index contributed by atoms with van der Waals surface area (Å²) in [4.78, 5) is 42.3. The van der Waals surface area contributed by atoms with E-state index in [9.17, 15) is 18.8 Å². The topological polar surface area (TPSA) is 127 Å². The van der Waals surface area contributed by atoms with Gasteiger partial charge in [-0.05, 0) is 36.8 Å². The summed E-state index contributed by atoms with van der Waals surface area (Å²) in [6.07, 6.45) is 0. The Morgan fingerprint density at radius 3 is 2.35 bits per heavy atom. The number of nitrogens with two attached hydrogens (primary N) is 1. The molecule has 0 aliphatic carbocycles. The fourth-order valence-electron chi connectivity index (χ4n) is 4.44. The lowest BCUT2D eigenvalue weighted by molar-refractivity contribution is -0.116. The van der Waals surface area contributed by atoms with Gasteiger partial charge in [-0.2, -0.15) is 0 Å². The number of nitrogen functional groups attached to an aromatic ring is 1. The van der Waals surface area contributed by atoms with Crippen molar-refractivity contribution in [3.05, 3.63) is 111 Å². The van der Waals surface area contributed by atoms with Gasteiger partial charge in [0.15, 0.2) is 5.69 Å². The van der Waals surface area contributed by atoms with Gasteiger partial charge in [0.05, 0.1) is 12.3 Å². The molecule has 2 heterocycles. The highest BCUT2D eigenvalue weighted by Crippen LogP contribution is 2.32. The molecule has 0 aliphatic rings. The molecule has 0 radical (unpaired) electrons. The van der Waals surface area contributed by atoms with Crippen molar-refractivity contribution >= 4 is 39.9 Å². The minimum absolute atomic E-state index is 0.0564. The zero-order chi connectivity index (χ0) is 28.2. The van der Waals surface area contributed by atoms with E-state index in [1.165, 1.54) is 33.4 Å². The van der Waals surface area contributed by atoms with Crippen molar-refractivity contribution in [1.29, 1.82) is 0 Å². The summed E-state index contributed by atoms with van der Waals surface area (Å²) in [5, 5.41) is 10.8. The molecule has 0 saturated heterocycles. The molecule has 3 N–H and O–H groups in total. The van der Waals surface area contributed by atoms with Crippen LogP contribution in [-0.2, 0) is 11.3 Å². The van der Waals surface area contributed by atoms with Gasteiger partial charge in [0.1, 0.15) is 22.4 Å². The van der Waals surface area contributed by atoms with Crippen LogP contribution in [0.4, 0.5) is 15.9 Å². The molecule has 0 bridgehead atoms. The fourth-order valence-corrected chi connectivity index (χ4v) is 5.28. The van der Waals surface area contributed by atoms with E-state index in [-0.39, 0.29) is 42.1 Å². The van der Waals surface area contributed by atoms with Gasteiger partial charge in [-0.1, -0.05) is 66.4 Å². The summed E-state index contributed by atoms with van der Waals surface area (Å²) in [5.74, 6) is -0.879. The van der Waals surface area contributed by atoms with Crippen LogP contribution in [0.3, 0.4) is 0 Å². The lowest BCUT2D eigenvalue weighted by atomic mass is 10.1. The van der Waals surface area contributed by atoms with E-state index in [2.05, 4.69) is 15.2 Å². The quantitative estimate of drug-likeness (QED) is 0.276. The minimum atomic E-state index is -0.735. The van der Waals surface area contributed by atoms with Gasteiger partial charge in [-0.3, -0.25) is 19.1 Å². The van der Waals surface area contributed by atoms with Crippen molar-refractivity contribution in [3.63, 3.8) is 0 Å². The second-order valence-corrected chi connectivity index (χ2v) is 9.86. The van der Waals surface area contributed by atoms with E-state index in [1.54, 1.807) is 19.1 Å². The number of nitrogens with one attached hydrogen (secondary N) is 1. The zero-order valence-corrected chi connectivity index (χ0v) is 22.3. The van der Waals surface area contributed by atoms with Gasteiger partial charge in [0.2, 0.25) is 5.91 Å². The number of aromatic nitrogens is 4. The fraction of sp³-hybridized carbons (Fsp3) is 0.138. The normalized spacial score (nSPS) is 11.1. The summed E-state index contributed by atoms with van der Waals surface area (Å²) < 4.78 is 14.7. The van der Waals surface area contributed by atoms with Gasteiger partial charge in [-0.15, -0.1) is 10.2 Å². The first kappa shape index (κ1) is 26.8. The molecule has 0 aliphatic heterocycles. The first-order chi connectivity index (χ1) is 19.4. The number of rotatable bonds is 8. The molecule has 202 valence electrons. The monoisotopic (exact) mass is 556 g/mol. The molecule has 3 aromatic carbocycles. The number of hydrogen-bond donors (Lipinski definition) is 2. The smallest absolute Gasteiger partial charge is 0.330 e. The number of thioether (sulfide) groups is 1. The SMILES string of the molecule is CCN(C(=O)CSc1nnc(-c2ccc(F)cc2)c2ccccc12)c1c(N)n(Cc2ccccc2)c(=O)[nH]c1=O.